The van der Waals surface area contributed by atoms with Crippen LogP contribution in [0.25, 0.3) is 0 Å². The van der Waals surface area contributed by atoms with Crippen LogP contribution in [0.1, 0.15) is 86.5 Å². The summed E-state index contributed by atoms with van der Waals surface area (Å²) >= 11 is 0. The fourth-order valence-corrected chi connectivity index (χ4v) is 7.54. The maximum atomic E-state index is 13.2. The average molecular weight is 461 g/mol. The second kappa shape index (κ2) is 10.0. The predicted octanol–water partition coefficient (Wildman–Crippen LogP) is 6.43. The highest BCUT2D eigenvalue weighted by atomic mass is 16.6. The van der Waals surface area contributed by atoms with Gasteiger partial charge < -0.3 is 14.2 Å². The smallest absolute Gasteiger partial charge is 0.318 e. The number of ether oxygens (including phenoxy) is 3. The molecule has 33 heavy (non-hydrogen) atoms. The minimum atomic E-state index is -0.695. The Kier molecular flexibility index (Phi) is 7.65. The Bertz CT molecular complexity index is 714. The van der Waals surface area contributed by atoms with E-state index in [1.54, 1.807) is 0 Å². The van der Waals surface area contributed by atoms with Crippen LogP contribution >= 0.6 is 0 Å². The van der Waals surface area contributed by atoms with E-state index in [9.17, 15) is 4.79 Å². The summed E-state index contributed by atoms with van der Waals surface area (Å²) in [6, 6.07) is 0. The van der Waals surface area contributed by atoms with Gasteiger partial charge in [0.15, 0.2) is 0 Å². The SMILES string of the molecule is COC(=O)C12C=CC(C1)C(OC1CC(C)CCC1C(C)C)C2OC1CC(C)CCC1C(C)C. The van der Waals surface area contributed by atoms with Crippen LogP contribution in [-0.4, -0.2) is 37.5 Å². The number of carbonyl (C=O) groups excluding carboxylic acids is 1. The van der Waals surface area contributed by atoms with Crippen LogP contribution in [-0.2, 0) is 19.0 Å². The molecule has 0 aromatic heterocycles. The van der Waals surface area contributed by atoms with Gasteiger partial charge in [-0.05, 0) is 67.6 Å². The van der Waals surface area contributed by atoms with E-state index in [1.807, 2.05) is 0 Å². The first kappa shape index (κ1) is 25.2. The predicted molar refractivity (Wildman–Crippen MR) is 132 cm³/mol. The molecular weight excluding hydrogens is 412 g/mol. The van der Waals surface area contributed by atoms with Crippen molar-refractivity contribution in [2.75, 3.05) is 7.11 Å². The van der Waals surface area contributed by atoms with Crippen LogP contribution < -0.4 is 0 Å². The third-order valence-corrected chi connectivity index (χ3v) is 9.58. The Morgan fingerprint density at radius 3 is 1.94 bits per heavy atom. The second-order valence-electron chi connectivity index (χ2n) is 12.6. The zero-order valence-corrected chi connectivity index (χ0v) is 22.1. The maximum Gasteiger partial charge on any atom is 0.318 e. The van der Waals surface area contributed by atoms with Gasteiger partial charge in [-0.25, -0.2) is 0 Å². The monoisotopic (exact) mass is 460 g/mol. The minimum Gasteiger partial charge on any atom is -0.468 e. The van der Waals surface area contributed by atoms with Crippen LogP contribution in [0.2, 0.25) is 0 Å². The summed E-state index contributed by atoms with van der Waals surface area (Å²) in [5.41, 5.74) is -0.695. The van der Waals surface area contributed by atoms with Crippen molar-refractivity contribution < 1.29 is 19.0 Å². The van der Waals surface area contributed by atoms with Crippen LogP contribution in [0.5, 0.6) is 0 Å². The lowest BCUT2D eigenvalue weighted by molar-refractivity contribution is -0.192. The van der Waals surface area contributed by atoms with Gasteiger partial charge in [0.25, 0.3) is 0 Å². The van der Waals surface area contributed by atoms with Gasteiger partial charge in [-0.15, -0.1) is 0 Å². The van der Waals surface area contributed by atoms with Crippen molar-refractivity contribution in [3.05, 3.63) is 12.2 Å². The summed E-state index contributed by atoms with van der Waals surface area (Å²) < 4.78 is 19.5. The third-order valence-electron chi connectivity index (χ3n) is 9.58. The molecule has 4 aliphatic rings. The molecule has 4 rings (SSSR count). The quantitative estimate of drug-likeness (QED) is 0.324. The van der Waals surface area contributed by atoms with Crippen molar-refractivity contribution in [2.45, 2.75) is 111 Å². The van der Waals surface area contributed by atoms with Gasteiger partial charge in [0.1, 0.15) is 11.5 Å². The highest BCUT2D eigenvalue weighted by Gasteiger charge is 2.63. The second-order valence-corrected chi connectivity index (χ2v) is 12.6. The van der Waals surface area contributed by atoms with Crippen LogP contribution in [0, 0.1) is 46.8 Å². The first-order valence-corrected chi connectivity index (χ1v) is 13.7. The summed E-state index contributed by atoms with van der Waals surface area (Å²) in [5, 5.41) is 0. The average Bonchev–Trinajstić information content (AvgIpc) is 3.32. The van der Waals surface area contributed by atoms with Crippen molar-refractivity contribution in [3.63, 3.8) is 0 Å². The Labute approximate surface area is 202 Å². The molecule has 10 atom stereocenters. The molecule has 3 fully saturated rings. The van der Waals surface area contributed by atoms with E-state index < -0.39 is 5.41 Å². The first-order valence-electron chi connectivity index (χ1n) is 13.7. The summed E-state index contributed by atoms with van der Waals surface area (Å²) in [6.45, 7) is 14.0. The zero-order chi connectivity index (χ0) is 23.9. The number of hydrogen-bond donors (Lipinski definition) is 0. The molecule has 0 saturated heterocycles. The highest BCUT2D eigenvalue weighted by molar-refractivity contribution is 5.82. The normalized spacial score (nSPS) is 45.2. The van der Waals surface area contributed by atoms with Crippen molar-refractivity contribution in [1.29, 1.82) is 0 Å². The summed E-state index contributed by atoms with van der Waals surface area (Å²) in [6.07, 6.45) is 12.4. The van der Waals surface area contributed by atoms with Crippen molar-refractivity contribution in [3.8, 4) is 0 Å². The third kappa shape index (κ3) is 4.81. The van der Waals surface area contributed by atoms with Crippen LogP contribution in [0.15, 0.2) is 12.2 Å². The molecule has 188 valence electrons. The van der Waals surface area contributed by atoms with Gasteiger partial charge in [-0.3, -0.25) is 4.79 Å². The molecule has 0 aromatic rings. The molecule has 10 unspecified atom stereocenters. The van der Waals surface area contributed by atoms with Crippen molar-refractivity contribution in [1.82, 2.24) is 0 Å². The Balaban J connectivity index is 1.61. The molecule has 2 bridgehead atoms. The summed E-state index contributed by atoms with van der Waals surface area (Å²) in [7, 11) is 1.51. The fraction of sp³-hybridized carbons (Fsp3) is 0.897. The maximum absolute atomic E-state index is 13.2. The molecule has 3 saturated carbocycles. The summed E-state index contributed by atoms with van der Waals surface area (Å²) in [5.74, 6) is 3.74. The number of hydrogen-bond acceptors (Lipinski definition) is 4. The van der Waals surface area contributed by atoms with Crippen molar-refractivity contribution in [2.24, 2.45) is 46.8 Å². The fourth-order valence-electron chi connectivity index (χ4n) is 7.54. The van der Waals surface area contributed by atoms with E-state index in [4.69, 9.17) is 14.2 Å². The van der Waals surface area contributed by atoms with Crippen LogP contribution in [0.3, 0.4) is 0 Å². The number of methoxy groups -OCH3 is 1. The number of carbonyl (C=O) groups is 1. The Morgan fingerprint density at radius 1 is 0.879 bits per heavy atom. The minimum absolute atomic E-state index is 0.0595. The molecule has 4 aliphatic carbocycles. The van der Waals surface area contributed by atoms with Gasteiger partial charge >= 0.3 is 5.97 Å². The van der Waals surface area contributed by atoms with E-state index >= 15 is 0 Å². The van der Waals surface area contributed by atoms with Gasteiger partial charge in [0.2, 0.25) is 0 Å². The number of rotatable bonds is 7. The lowest BCUT2D eigenvalue weighted by Crippen LogP contribution is -2.51. The van der Waals surface area contributed by atoms with E-state index in [0.717, 1.165) is 19.3 Å². The Morgan fingerprint density at radius 2 is 1.42 bits per heavy atom. The molecule has 0 N–H and O–H groups in total. The summed E-state index contributed by atoms with van der Waals surface area (Å²) in [4.78, 5) is 13.2. The van der Waals surface area contributed by atoms with Gasteiger partial charge in [-0.2, -0.15) is 0 Å². The van der Waals surface area contributed by atoms with E-state index in [2.05, 4.69) is 53.7 Å². The van der Waals surface area contributed by atoms with E-state index in [1.165, 1.54) is 32.8 Å². The van der Waals surface area contributed by atoms with E-state index in [-0.39, 0.29) is 36.3 Å². The highest BCUT2D eigenvalue weighted by Crippen LogP contribution is 2.55. The number of esters is 1. The van der Waals surface area contributed by atoms with Crippen LogP contribution in [0.4, 0.5) is 0 Å². The molecule has 4 nitrogen and oxygen atoms in total. The lowest BCUT2D eigenvalue weighted by atomic mass is 9.74. The molecule has 4 heteroatoms. The molecule has 0 heterocycles. The van der Waals surface area contributed by atoms with Gasteiger partial charge in [-0.1, -0.05) is 66.5 Å². The van der Waals surface area contributed by atoms with Crippen molar-refractivity contribution >= 4 is 5.97 Å². The first-order chi connectivity index (χ1) is 15.7. The van der Waals surface area contributed by atoms with Gasteiger partial charge in [0.05, 0.1) is 25.4 Å². The molecule has 0 aliphatic heterocycles. The number of fused-ring (bicyclic) bond motifs is 2. The molecule has 0 amide bonds. The van der Waals surface area contributed by atoms with Gasteiger partial charge in [0, 0.05) is 5.92 Å². The molecular formula is C29H48O4. The molecule has 0 radical (unpaired) electrons. The topological polar surface area (TPSA) is 44.8 Å². The molecule has 0 spiro atoms. The zero-order valence-electron chi connectivity index (χ0n) is 22.1. The van der Waals surface area contributed by atoms with E-state index in [0.29, 0.717) is 35.5 Å². The standard InChI is InChI=1S/C29H48O4/c1-17(2)22-10-8-19(5)14-24(22)32-26-21-12-13-29(16-21,28(30)31-7)27(26)33-25-15-20(6)9-11-23(25)18(3)4/h12-13,17-27H,8-11,14-16H2,1-7H3. The largest absolute Gasteiger partial charge is 0.468 e. The lowest BCUT2D eigenvalue weighted by Gasteiger charge is -2.45. The Hall–Kier alpha value is -0.870. The molecule has 0 aromatic carbocycles.